The number of amides is 1. The van der Waals surface area contributed by atoms with Gasteiger partial charge in [0.15, 0.2) is 0 Å². The monoisotopic (exact) mass is 285 g/mol. The Kier molecular flexibility index (Phi) is 4.78. The van der Waals surface area contributed by atoms with Crippen LogP contribution in [0.1, 0.15) is 44.1 Å². The van der Waals surface area contributed by atoms with Gasteiger partial charge in [-0.05, 0) is 37.8 Å². The van der Waals surface area contributed by atoms with Gasteiger partial charge in [0.1, 0.15) is 5.69 Å². The number of anilines is 1. The summed E-state index contributed by atoms with van der Waals surface area (Å²) in [6, 6.07) is 9.35. The van der Waals surface area contributed by atoms with E-state index in [4.69, 9.17) is 5.73 Å². The summed E-state index contributed by atoms with van der Waals surface area (Å²) in [7, 11) is 0. The summed E-state index contributed by atoms with van der Waals surface area (Å²) in [4.78, 5) is 16.7. The minimum Gasteiger partial charge on any atom is -0.398 e. The van der Waals surface area contributed by atoms with Gasteiger partial charge in [-0.2, -0.15) is 0 Å². The van der Waals surface area contributed by atoms with Crippen LogP contribution in [0.2, 0.25) is 0 Å². The molecule has 3 N–H and O–H groups in total. The lowest BCUT2D eigenvalue weighted by Gasteiger charge is -2.15. The first-order chi connectivity index (χ1) is 9.97. The van der Waals surface area contributed by atoms with Gasteiger partial charge in [0.25, 0.3) is 5.91 Å². The van der Waals surface area contributed by atoms with Gasteiger partial charge in [0.05, 0.1) is 5.52 Å². The van der Waals surface area contributed by atoms with Crippen LogP contribution in [-0.2, 0) is 0 Å². The van der Waals surface area contributed by atoms with Crippen LogP contribution in [0, 0.1) is 5.92 Å². The summed E-state index contributed by atoms with van der Waals surface area (Å²) < 4.78 is 0. The van der Waals surface area contributed by atoms with Crippen molar-refractivity contribution in [2.75, 3.05) is 5.73 Å². The molecule has 4 heteroatoms. The van der Waals surface area contributed by atoms with E-state index in [9.17, 15) is 4.79 Å². The van der Waals surface area contributed by atoms with Crippen LogP contribution in [0.4, 0.5) is 5.69 Å². The number of benzene rings is 1. The molecule has 1 atom stereocenters. The Hall–Kier alpha value is -2.10. The highest BCUT2D eigenvalue weighted by Gasteiger charge is 2.13. The van der Waals surface area contributed by atoms with Crippen LogP contribution in [0.15, 0.2) is 30.3 Å². The minimum absolute atomic E-state index is 0.134. The highest BCUT2D eigenvalue weighted by Crippen LogP contribution is 2.20. The molecular formula is C17H23N3O. The van der Waals surface area contributed by atoms with Crippen molar-refractivity contribution in [3.05, 3.63) is 36.0 Å². The average Bonchev–Trinajstić information content (AvgIpc) is 2.45. The first-order valence-corrected chi connectivity index (χ1v) is 7.43. The zero-order valence-electron chi connectivity index (χ0n) is 12.9. The number of nitrogen functional groups attached to an aromatic ring is 1. The third-order valence-electron chi connectivity index (χ3n) is 3.54. The molecule has 4 nitrogen and oxygen atoms in total. The molecule has 1 amide bonds. The van der Waals surface area contributed by atoms with Crippen molar-refractivity contribution in [2.45, 2.75) is 39.7 Å². The normalized spacial score (nSPS) is 12.6. The van der Waals surface area contributed by atoms with Gasteiger partial charge in [0, 0.05) is 17.1 Å². The van der Waals surface area contributed by atoms with E-state index >= 15 is 0 Å². The van der Waals surface area contributed by atoms with Gasteiger partial charge >= 0.3 is 0 Å². The second-order valence-electron chi connectivity index (χ2n) is 5.96. The number of hydrogen-bond acceptors (Lipinski definition) is 3. The Balaban J connectivity index is 2.12. The summed E-state index contributed by atoms with van der Waals surface area (Å²) in [5.41, 5.74) is 7.71. The number of carbonyl (C=O) groups excluding carboxylic acids is 1. The third kappa shape index (κ3) is 3.94. The van der Waals surface area contributed by atoms with Gasteiger partial charge in [0.2, 0.25) is 0 Å². The summed E-state index contributed by atoms with van der Waals surface area (Å²) in [6.45, 7) is 6.38. The van der Waals surface area contributed by atoms with Crippen LogP contribution in [0.3, 0.4) is 0 Å². The molecule has 1 aromatic carbocycles. The summed E-state index contributed by atoms with van der Waals surface area (Å²) in [5, 5.41) is 3.86. The van der Waals surface area contributed by atoms with Crippen molar-refractivity contribution in [1.82, 2.24) is 10.3 Å². The predicted octanol–water partition coefficient (Wildman–Crippen LogP) is 3.37. The Labute approximate surface area is 125 Å². The lowest BCUT2D eigenvalue weighted by Crippen LogP contribution is -2.33. The summed E-state index contributed by atoms with van der Waals surface area (Å²) >= 11 is 0. The van der Waals surface area contributed by atoms with E-state index in [1.807, 2.05) is 31.2 Å². The lowest BCUT2D eigenvalue weighted by atomic mass is 10.0. The third-order valence-corrected chi connectivity index (χ3v) is 3.54. The van der Waals surface area contributed by atoms with Crippen LogP contribution < -0.4 is 11.1 Å². The molecule has 0 spiro atoms. The van der Waals surface area contributed by atoms with E-state index in [1.54, 1.807) is 6.07 Å². The Morgan fingerprint density at radius 1 is 1.24 bits per heavy atom. The quantitative estimate of drug-likeness (QED) is 0.885. The van der Waals surface area contributed by atoms with Crippen molar-refractivity contribution in [1.29, 1.82) is 0 Å². The maximum Gasteiger partial charge on any atom is 0.270 e. The first-order valence-electron chi connectivity index (χ1n) is 7.43. The molecule has 0 aliphatic heterocycles. The van der Waals surface area contributed by atoms with E-state index in [1.165, 1.54) is 0 Å². The van der Waals surface area contributed by atoms with Crippen molar-refractivity contribution in [3.8, 4) is 0 Å². The topological polar surface area (TPSA) is 68.0 Å². The molecule has 1 heterocycles. The largest absolute Gasteiger partial charge is 0.398 e. The van der Waals surface area contributed by atoms with Gasteiger partial charge in [-0.1, -0.05) is 32.0 Å². The fraction of sp³-hybridized carbons (Fsp3) is 0.412. The fourth-order valence-electron chi connectivity index (χ4n) is 2.27. The summed E-state index contributed by atoms with van der Waals surface area (Å²) in [6.07, 6.45) is 2.06. The standard InChI is InChI=1S/C17H23N3O/c1-11(2)8-9-12(3)19-17(21)16-10-14(18)13-6-4-5-7-15(13)20-16/h4-7,10-12H,8-9H2,1-3H3,(H2,18,20)(H,19,21). The molecular weight excluding hydrogens is 262 g/mol. The molecule has 0 saturated heterocycles. The SMILES string of the molecule is CC(C)CCC(C)NC(=O)c1cc(N)c2ccccc2n1. The number of nitrogens with zero attached hydrogens (tertiary/aromatic N) is 1. The van der Waals surface area contributed by atoms with Gasteiger partial charge in [-0.15, -0.1) is 0 Å². The predicted molar refractivity (Wildman–Crippen MR) is 87.2 cm³/mol. The Morgan fingerprint density at radius 2 is 1.95 bits per heavy atom. The van der Waals surface area contributed by atoms with Crippen molar-refractivity contribution in [2.24, 2.45) is 5.92 Å². The lowest BCUT2D eigenvalue weighted by molar-refractivity contribution is 0.0932. The maximum atomic E-state index is 12.3. The smallest absolute Gasteiger partial charge is 0.270 e. The highest BCUT2D eigenvalue weighted by atomic mass is 16.1. The van der Waals surface area contributed by atoms with Gasteiger partial charge < -0.3 is 11.1 Å². The van der Waals surface area contributed by atoms with Crippen LogP contribution in [0.5, 0.6) is 0 Å². The number of pyridine rings is 1. The molecule has 2 rings (SSSR count). The van der Waals surface area contributed by atoms with Crippen molar-refractivity contribution in [3.63, 3.8) is 0 Å². The second kappa shape index (κ2) is 6.57. The van der Waals surface area contributed by atoms with Crippen LogP contribution in [0.25, 0.3) is 10.9 Å². The van der Waals surface area contributed by atoms with E-state index in [-0.39, 0.29) is 11.9 Å². The molecule has 1 unspecified atom stereocenters. The van der Waals surface area contributed by atoms with E-state index in [0.29, 0.717) is 17.3 Å². The number of nitrogens with one attached hydrogen (secondary N) is 1. The number of hydrogen-bond donors (Lipinski definition) is 2. The number of nitrogens with two attached hydrogens (primary N) is 1. The second-order valence-corrected chi connectivity index (χ2v) is 5.96. The number of para-hydroxylation sites is 1. The fourth-order valence-corrected chi connectivity index (χ4v) is 2.27. The molecule has 2 aromatic rings. The van der Waals surface area contributed by atoms with Crippen molar-refractivity contribution >= 4 is 22.5 Å². The number of aromatic nitrogens is 1. The molecule has 21 heavy (non-hydrogen) atoms. The zero-order valence-corrected chi connectivity index (χ0v) is 12.9. The first kappa shape index (κ1) is 15.3. The number of fused-ring (bicyclic) bond motifs is 1. The van der Waals surface area contributed by atoms with Gasteiger partial charge in [-0.25, -0.2) is 4.98 Å². The molecule has 0 aliphatic carbocycles. The maximum absolute atomic E-state index is 12.3. The molecule has 0 radical (unpaired) electrons. The number of rotatable bonds is 5. The van der Waals surface area contributed by atoms with E-state index in [0.717, 1.165) is 23.7 Å². The van der Waals surface area contributed by atoms with E-state index < -0.39 is 0 Å². The molecule has 112 valence electrons. The van der Waals surface area contributed by atoms with Gasteiger partial charge in [-0.3, -0.25) is 4.79 Å². The Bertz CT molecular complexity index is 637. The molecule has 0 saturated carbocycles. The van der Waals surface area contributed by atoms with E-state index in [2.05, 4.69) is 24.1 Å². The Morgan fingerprint density at radius 3 is 2.67 bits per heavy atom. The molecule has 0 aliphatic rings. The highest BCUT2D eigenvalue weighted by molar-refractivity contribution is 5.99. The van der Waals surface area contributed by atoms with Crippen LogP contribution in [-0.4, -0.2) is 16.9 Å². The minimum atomic E-state index is -0.163. The number of carbonyl (C=O) groups is 1. The van der Waals surface area contributed by atoms with Crippen LogP contribution >= 0.6 is 0 Å². The summed E-state index contributed by atoms with van der Waals surface area (Å²) in [5.74, 6) is 0.475. The zero-order chi connectivity index (χ0) is 15.4. The molecule has 0 fully saturated rings. The molecule has 0 bridgehead atoms. The molecule has 1 aromatic heterocycles. The average molecular weight is 285 g/mol. The van der Waals surface area contributed by atoms with Crippen molar-refractivity contribution < 1.29 is 4.79 Å².